The predicted molar refractivity (Wildman–Crippen MR) is 66.7 cm³/mol. The summed E-state index contributed by atoms with van der Waals surface area (Å²) in [5, 5.41) is 19.1. The second-order valence-electron chi connectivity index (χ2n) is 5.72. The molecule has 1 aromatic carbocycles. The van der Waals surface area contributed by atoms with Gasteiger partial charge in [0.1, 0.15) is 6.42 Å². The van der Waals surface area contributed by atoms with Crippen LogP contribution in [0.15, 0.2) is 18.2 Å². The van der Waals surface area contributed by atoms with E-state index < -0.39 is 24.1 Å². The molecule has 1 aliphatic rings. The molecule has 102 valence electrons. The minimum absolute atomic E-state index is 0.229. The van der Waals surface area contributed by atoms with Crippen molar-refractivity contribution in [3.05, 3.63) is 34.9 Å². The van der Waals surface area contributed by atoms with Gasteiger partial charge in [0.2, 0.25) is 5.79 Å². The van der Waals surface area contributed by atoms with Crippen molar-refractivity contribution < 1.29 is 24.5 Å². The number of esters is 1. The zero-order valence-corrected chi connectivity index (χ0v) is 11.1. The van der Waals surface area contributed by atoms with Gasteiger partial charge in [-0.25, -0.2) is 4.79 Å². The Labute approximate surface area is 110 Å². The Morgan fingerprint density at radius 2 is 2.00 bits per heavy atom. The molecule has 19 heavy (non-hydrogen) atoms. The molecule has 0 fully saturated rings. The number of cyclic esters (lactones) is 1. The molecule has 1 heterocycles. The van der Waals surface area contributed by atoms with E-state index in [9.17, 15) is 14.7 Å². The Kier molecular flexibility index (Phi) is 2.90. The molecule has 0 bridgehead atoms. The smallest absolute Gasteiger partial charge is 0.341 e. The van der Waals surface area contributed by atoms with Crippen LogP contribution in [-0.4, -0.2) is 22.2 Å². The largest absolute Gasteiger partial charge is 0.481 e. The molecule has 0 aromatic heterocycles. The van der Waals surface area contributed by atoms with E-state index in [-0.39, 0.29) is 16.5 Å². The average molecular weight is 264 g/mol. The van der Waals surface area contributed by atoms with Crippen LogP contribution in [0, 0.1) is 0 Å². The van der Waals surface area contributed by atoms with E-state index in [1.807, 2.05) is 20.8 Å². The Bertz CT molecular complexity index is 555. The number of fused-ring (bicyclic) bond motifs is 1. The molecular weight excluding hydrogens is 248 g/mol. The lowest BCUT2D eigenvalue weighted by Crippen LogP contribution is -2.29. The third-order valence-corrected chi connectivity index (χ3v) is 3.15. The van der Waals surface area contributed by atoms with Crippen molar-refractivity contribution >= 4 is 11.9 Å². The van der Waals surface area contributed by atoms with Gasteiger partial charge in [0.05, 0.1) is 5.56 Å². The van der Waals surface area contributed by atoms with Gasteiger partial charge in [-0.05, 0) is 11.0 Å². The number of ether oxygens (including phenoxy) is 1. The van der Waals surface area contributed by atoms with Gasteiger partial charge in [-0.3, -0.25) is 4.79 Å². The first-order valence-electron chi connectivity index (χ1n) is 5.96. The second kappa shape index (κ2) is 4.06. The van der Waals surface area contributed by atoms with Gasteiger partial charge in [0.15, 0.2) is 0 Å². The van der Waals surface area contributed by atoms with Crippen molar-refractivity contribution in [2.75, 3.05) is 0 Å². The number of carboxylic acids is 1. The first-order valence-corrected chi connectivity index (χ1v) is 5.96. The summed E-state index contributed by atoms with van der Waals surface area (Å²) in [6.45, 7) is 5.80. The van der Waals surface area contributed by atoms with Crippen LogP contribution in [0.1, 0.15) is 48.7 Å². The quantitative estimate of drug-likeness (QED) is 0.795. The summed E-state index contributed by atoms with van der Waals surface area (Å²) in [7, 11) is 0. The zero-order valence-electron chi connectivity index (χ0n) is 11.1. The lowest BCUT2D eigenvalue weighted by atomic mass is 9.81. The third-order valence-electron chi connectivity index (χ3n) is 3.15. The number of carbonyl (C=O) groups excluding carboxylic acids is 1. The normalized spacial score (nSPS) is 22.0. The number of aliphatic hydroxyl groups is 1. The minimum atomic E-state index is -2.07. The van der Waals surface area contributed by atoms with Crippen LogP contribution in [0.2, 0.25) is 0 Å². The van der Waals surface area contributed by atoms with E-state index in [0.717, 1.165) is 5.56 Å². The molecule has 5 nitrogen and oxygen atoms in total. The van der Waals surface area contributed by atoms with Gasteiger partial charge in [-0.15, -0.1) is 0 Å². The molecule has 0 saturated heterocycles. The van der Waals surface area contributed by atoms with Gasteiger partial charge in [-0.2, -0.15) is 0 Å². The van der Waals surface area contributed by atoms with Crippen LogP contribution in [0.5, 0.6) is 0 Å². The summed E-state index contributed by atoms with van der Waals surface area (Å²) in [4.78, 5) is 22.8. The van der Waals surface area contributed by atoms with E-state index in [1.165, 1.54) is 6.07 Å². The maximum absolute atomic E-state index is 12.0. The monoisotopic (exact) mass is 264 g/mol. The first kappa shape index (κ1) is 13.5. The fourth-order valence-corrected chi connectivity index (χ4v) is 2.32. The van der Waals surface area contributed by atoms with Crippen LogP contribution >= 0.6 is 0 Å². The lowest BCUT2D eigenvalue weighted by molar-refractivity contribution is -0.182. The SMILES string of the molecule is CC(C)(C)c1cccc2c1C(=O)OC2(O)CC(=O)O. The fourth-order valence-electron chi connectivity index (χ4n) is 2.32. The summed E-state index contributed by atoms with van der Waals surface area (Å²) in [5.41, 5.74) is 0.932. The Hall–Kier alpha value is -1.88. The molecule has 1 unspecified atom stereocenters. The molecule has 1 aliphatic heterocycles. The van der Waals surface area contributed by atoms with Crippen LogP contribution in [-0.2, 0) is 20.7 Å². The van der Waals surface area contributed by atoms with Crippen LogP contribution < -0.4 is 0 Å². The van der Waals surface area contributed by atoms with E-state index in [2.05, 4.69) is 0 Å². The van der Waals surface area contributed by atoms with Crippen molar-refractivity contribution in [2.24, 2.45) is 0 Å². The van der Waals surface area contributed by atoms with Gasteiger partial charge in [-0.1, -0.05) is 39.0 Å². The van der Waals surface area contributed by atoms with Crippen LogP contribution in [0.3, 0.4) is 0 Å². The number of benzene rings is 1. The predicted octanol–water partition coefficient (Wildman–Crippen LogP) is 1.77. The van der Waals surface area contributed by atoms with E-state index in [1.54, 1.807) is 12.1 Å². The molecule has 0 spiro atoms. The number of carboxylic acid groups (broad SMARTS) is 1. The number of hydrogen-bond acceptors (Lipinski definition) is 4. The Morgan fingerprint density at radius 3 is 2.53 bits per heavy atom. The van der Waals surface area contributed by atoms with Crippen LogP contribution in [0.4, 0.5) is 0 Å². The van der Waals surface area contributed by atoms with E-state index in [4.69, 9.17) is 9.84 Å². The highest BCUT2D eigenvalue weighted by atomic mass is 16.7. The number of rotatable bonds is 2. The highest BCUT2D eigenvalue weighted by Gasteiger charge is 2.47. The molecule has 0 aliphatic carbocycles. The Balaban J connectivity index is 2.62. The van der Waals surface area contributed by atoms with E-state index >= 15 is 0 Å². The second-order valence-corrected chi connectivity index (χ2v) is 5.72. The van der Waals surface area contributed by atoms with Crippen LogP contribution in [0.25, 0.3) is 0 Å². The van der Waals surface area contributed by atoms with Crippen molar-refractivity contribution in [1.82, 2.24) is 0 Å². The molecule has 0 radical (unpaired) electrons. The molecule has 2 rings (SSSR count). The van der Waals surface area contributed by atoms with Gasteiger partial charge in [0.25, 0.3) is 0 Å². The molecular formula is C14H16O5. The molecule has 0 saturated carbocycles. The number of carbonyl (C=O) groups is 2. The first-order chi connectivity index (χ1) is 8.65. The lowest BCUT2D eigenvalue weighted by Gasteiger charge is -2.22. The van der Waals surface area contributed by atoms with Crippen molar-refractivity contribution in [2.45, 2.75) is 38.4 Å². The van der Waals surface area contributed by atoms with E-state index in [0.29, 0.717) is 0 Å². The average Bonchev–Trinajstić information content (AvgIpc) is 2.48. The summed E-state index contributed by atoms with van der Waals surface area (Å²) >= 11 is 0. The van der Waals surface area contributed by atoms with Gasteiger partial charge in [0, 0.05) is 5.56 Å². The van der Waals surface area contributed by atoms with Crippen molar-refractivity contribution in [3.8, 4) is 0 Å². The third kappa shape index (κ3) is 2.21. The summed E-state index contributed by atoms with van der Waals surface area (Å²) in [5.74, 6) is -3.98. The van der Waals surface area contributed by atoms with Crippen molar-refractivity contribution in [1.29, 1.82) is 0 Å². The fraction of sp³-hybridized carbons (Fsp3) is 0.429. The number of aliphatic carboxylic acids is 1. The molecule has 1 atom stereocenters. The zero-order chi connectivity index (χ0) is 14.4. The molecule has 5 heteroatoms. The highest BCUT2D eigenvalue weighted by molar-refractivity contribution is 5.97. The Morgan fingerprint density at radius 1 is 1.37 bits per heavy atom. The molecule has 1 aromatic rings. The summed E-state index contributed by atoms with van der Waals surface area (Å²) < 4.78 is 4.90. The highest BCUT2D eigenvalue weighted by Crippen LogP contribution is 2.41. The minimum Gasteiger partial charge on any atom is -0.481 e. The molecule has 0 amide bonds. The standard InChI is InChI=1S/C14H16O5/c1-13(2,3)8-5-4-6-9-11(8)12(17)19-14(9,18)7-10(15)16/h4-6,18H,7H2,1-3H3,(H,15,16). The number of hydrogen-bond donors (Lipinski definition) is 2. The van der Waals surface area contributed by atoms with Crippen molar-refractivity contribution in [3.63, 3.8) is 0 Å². The summed E-state index contributed by atoms with van der Waals surface area (Å²) in [6, 6.07) is 5.00. The van der Waals surface area contributed by atoms with Gasteiger partial charge >= 0.3 is 11.9 Å². The maximum Gasteiger partial charge on any atom is 0.341 e. The van der Waals surface area contributed by atoms with Gasteiger partial charge < -0.3 is 14.9 Å². The topological polar surface area (TPSA) is 83.8 Å². The molecule has 2 N–H and O–H groups in total. The summed E-state index contributed by atoms with van der Waals surface area (Å²) in [6.07, 6.45) is -0.667. The maximum atomic E-state index is 12.0.